The van der Waals surface area contributed by atoms with Gasteiger partial charge in [-0.05, 0) is 61.8 Å². The van der Waals surface area contributed by atoms with Gasteiger partial charge in [-0.2, -0.15) is 0 Å². The van der Waals surface area contributed by atoms with Crippen LogP contribution in [0, 0.1) is 13.8 Å². The Hall–Kier alpha value is -1.37. The molecule has 1 aromatic carbocycles. The first-order valence-corrected chi connectivity index (χ1v) is 6.96. The smallest absolute Gasteiger partial charge is 0.162 e. The molecule has 0 spiro atoms. The Kier molecular flexibility index (Phi) is 4.35. The van der Waals surface area contributed by atoms with Crippen LogP contribution in [0.15, 0.2) is 29.8 Å². The molecule has 1 aliphatic rings. The number of hydrogen-bond donors (Lipinski definition) is 0. The predicted molar refractivity (Wildman–Crippen MR) is 75.8 cm³/mol. The number of allylic oxidation sites excluding steroid dienone is 2. The van der Waals surface area contributed by atoms with E-state index in [4.69, 9.17) is 0 Å². The van der Waals surface area contributed by atoms with Crippen molar-refractivity contribution in [3.8, 4) is 0 Å². The molecule has 0 aliphatic heterocycles. The van der Waals surface area contributed by atoms with Gasteiger partial charge in [-0.15, -0.1) is 0 Å². The molecule has 0 radical (unpaired) electrons. The van der Waals surface area contributed by atoms with Crippen LogP contribution >= 0.6 is 0 Å². The molecule has 1 aliphatic carbocycles. The number of carbonyl (C=O) groups is 1. The molecular weight excluding hydrogens is 220 g/mol. The van der Waals surface area contributed by atoms with Gasteiger partial charge in [0.1, 0.15) is 0 Å². The maximum absolute atomic E-state index is 12.4. The van der Waals surface area contributed by atoms with Gasteiger partial charge in [-0.1, -0.05) is 30.7 Å². The molecule has 0 fully saturated rings. The first-order chi connectivity index (χ1) is 8.68. The molecule has 0 saturated carbocycles. The standard InChI is InChI=1S/C17H22O/c1-13-8-7-9-14(2)16(13)12-17(18)15-10-5-3-4-6-11-15/h7-10H,3-6,11-12H2,1-2H3. The predicted octanol–water partition coefficient (Wildman–Crippen LogP) is 4.31. The van der Waals surface area contributed by atoms with E-state index >= 15 is 0 Å². The van der Waals surface area contributed by atoms with Crippen molar-refractivity contribution < 1.29 is 4.79 Å². The summed E-state index contributed by atoms with van der Waals surface area (Å²) in [7, 11) is 0. The highest BCUT2D eigenvalue weighted by atomic mass is 16.1. The fourth-order valence-electron chi connectivity index (χ4n) is 2.67. The number of hydrogen-bond acceptors (Lipinski definition) is 1. The summed E-state index contributed by atoms with van der Waals surface area (Å²) in [6.07, 6.45) is 8.46. The summed E-state index contributed by atoms with van der Waals surface area (Å²) in [6, 6.07) is 6.25. The third-order valence-corrected chi connectivity index (χ3v) is 3.88. The van der Waals surface area contributed by atoms with Gasteiger partial charge in [0.05, 0.1) is 0 Å². The van der Waals surface area contributed by atoms with Gasteiger partial charge in [0, 0.05) is 6.42 Å². The van der Waals surface area contributed by atoms with Gasteiger partial charge >= 0.3 is 0 Å². The topological polar surface area (TPSA) is 17.1 Å². The summed E-state index contributed by atoms with van der Waals surface area (Å²) >= 11 is 0. The second-order valence-corrected chi connectivity index (χ2v) is 5.30. The highest BCUT2D eigenvalue weighted by Crippen LogP contribution is 2.21. The first kappa shape index (κ1) is 13.1. The maximum Gasteiger partial charge on any atom is 0.162 e. The minimum atomic E-state index is 0.328. The van der Waals surface area contributed by atoms with E-state index in [1.54, 1.807) is 0 Å². The molecule has 0 N–H and O–H groups in total. The van der Waals surface area contributed by atoms with Crippen molar-refractivity contribution in [2.75, 3.05) is 0 Å². The average molecular weight is 242 g/mol. The zero-order valence-electron chi connectivity index (χ0n) is 11.5. The summed E-state index contributed by atoms with van der Waals surface area (Å²) < 4.78 is 0. The van der Waals surface area contributed by atoms with Gasteiger partial charge < -0.3 is 0 Å². The molecule has 2 rings (SSSR count). The van der Waals surface area contributed by atoms with E-state index < -0.39 is 0 Å². The van der Waals surface area contributed by atoms with E-state index in [2.05, 4.69) is 38.1 Å². The van der Waals surface area contributed by atoms with Crippen molar-refractivity contribution in [1.29, 1.82) is 0 Å². The molecule has 0 atom stereocenters. The summed E-state index contributed by atoms with van der Waals surface area (Å²) in [5, 5.41) is 0. The van der Waals surface area contributed by atoms with Crippen molar-refractivity contribution in [2.24, 2.45) is 0 Å². The van der Waals surface area contributed by atoms with Crippen LogP contribution in [0.1, 0.15) is 48.8 Å². The monoisotopic (exact) mass is 242 g/mol. The minimum absolute atomic E-state index is 0.328. The number of carbonyl (C=O) groups excluding carboxylic acids is 1. The Morgan fingerprint density at radius 3 is 2.56 bits per heavy atom. The number of Topliss-reactive ketones (excluding diaryl/α,β-unsaturated/α-hetero) is 1. The third-order valence-electron chi connectivity index (χ3n) is 3.88. The number of rotatable bonds is 3. The van der Waals surface area contributed by atoms with Crippen LogP contribution in [0.25, 0.3) is 0 Å². The molecule has 0 unspecified atom stereocenters. The van der Waals surface area contributed by atoms with E-state index in [0.717, 1.165) is 18.4 Å². The SMILES string of the molecule is Cc1cccc(C)c1CC(=O)C1=CCCCCC1. The van der Waals surface area contributed by atoms with Crippen LogP contribution in [0.4, 0.5) is 0 Å². The lowest BCUT2D eigenvalue weighted by atomic mass is 9.94. The van der Waals surface area contributed by atoms with Crippen molar-refractivity contribution in [3.05, 3.63) is 46.5 Å². The molecule has 0 saturated heterocycles. The fraction of sp³-hybridized carbons (Fsp3) is 0.471. The van der Waals surface area contributed by atoms with Crippen molar-refractivity contribution in [1.82, 2.24) is 0 Å². The number of benzene rings is 1. The number of aryl methyl sites for hydroxylation is 2. The second kappa shape index (κ2) is 5.99. The van der Waals surface area contributed by atoms with Gasteiger partial charge in [0.15, 0.2) is 5.78 Å². The largest absolute Gasteiger partial charge is 0.294 e. The van der Waals surface area contributed by atoms with E-state index in [1.165, 1.54) is 36.0 Å². The normalized spacial score (nSPS) is 16.0. The fourth-order valence-corrected chi connectivity index (χ4v) is 2.67. The zero-order valence-corrected chi connectivity index (χ0v) is 11.5. The van der Waals surface area contributed by atoms with Gasteiger partial charge in [0.2, 0.25) is 0 Å². The summed E-state index contributed by atoms with van der Waals surface area (Å²) in [4.78, 5) is 12.4. The van der Waals surface area contributed by atoms with Crippen LogP contribution in [0.3, 0.4) is 0 Å². The molecule has 0 heterocycles. The quantitative estimate of drug-likeness (QED) is 0.772. The van der Waals surface area contributed by atoms with Crippen molar-refractivity contribution >= 4 is 5.78 Å². The molecule has 18 heavy (non-hydrogen) atoms. The number of ketones is 1. The van der Waals surface area contributed by atoms with Crippen LogP contribution in [0.2, 0.25) is 0 Å². The molecular formula is C17H22O. The average Bonchev–Trinajstić information content (AvgIpc) is 2.62. The van der Waals surface area contributed by atoms with Crippen LogP contribution in [-0.2, 0) is 11.2 Å². The molecule has 96 valence electrons. The molecule has 0 bridgehead atoms. The summed E-state index contributed by atoms with van der Waals surface area (Å²) in [6.45, 7) is 4.19. The highest BCUT2D eigenvalue weighted by molar-refractivity contribution is 5.97. The van der Waals surface area contributed by atoms with Crippen molar-refractivity contribution in [2.45, 2.75) is 52.4 Å². The molecule has 0 aromatic heterocycles. The lowest BCUT2D eigenvalue weighted by Gasteiger charge is -2.10. The zero-order chi connectivity index (χ0) is 13.0. The van der Waals surface area contributed by atoms with Gasteiger partial charge in [-0.25, -0.2) is 0 Å². The first-order valence-electron chi connectivity index (χ1n) is 6.96. The Labute approximate surface area is 110 Å². The highest BCUT2D eigenvalue weighted by Gasteiger charge is 2.14. The lowest BCUT2D eigenvalue weighted by Crippen LogP contribution is -2.08. The third kappa shape index (κ3) is 3.10. The van der Waals surface area contributed by atoms with Crippen LogP contribution < -0.4 is 0 Å². The van der Waals surface area contributed by atoms with E-state index in [-0.39, 0.29) is 0 Å². The lowest BCUT2D eigenvalue weighted by molar-refractivity contribution is -0.115. The Morgan fingerprint density at radius 1 is 1.11 bits per heavy atom. The Bertz CT molecular complexity index is 448. The summed E-state index contributed by atoms with van der Waals surface area (Å²) in [5.74, 6) is 0.328. The van der Waals surface area contributed by atoms with Gasteiger partial charge in [-0.3, -0.25) is 4.79 Å². The Morgan fingerprint density at radius 2 is 1.83 bits per heavy atom. The molecule has 1 heteroatoms. The van der Waals surface area contributed by atoms with Gasteiger partial charge in [0.25, 0.3) is 0 Å². The molecule has 0 amide bonds. The second-order valence-electron chi connectivity index (χ2n) is 5.30. The maximum atomic E-state index is 12.4. The van der Waals surface area contributed by atoms with E-state index in [0.29, 0.717) is 12.2 Å². The van der Waals surface area contributed by atoms with Crippen LogP contribution in [0.5, 0.6) is 0 Å². The minimum Gasteiger partial charge on any atom is -0.294 e. The van der Waals surface area contributed by atoms with Crippen LogP contribution in [-0.4, -0.2) is 5.78 Å². The Balaban J connectivity index is 2.13. The molecule has 1 aromatic rings. The van der Waals surface area contributed by atoms with E-state index in [1.807, 2.05) is 0 Å². The van der Waals surface area contributed by atoms with Crippen molar-refractivity contribution in [3.63, 3.8) is 0 Å². The molecule has 1 nitrogen and oxygen atoms in total. The van der Waals surface area contributed by atoms with E-state index in [9.17, 15) is 4.79 Å². The summed E-state index contributed by atoms with van der Waals surface area (Å²) in [5.41, 5.74) is 4.75.